The predicted octanol–water partition coefficient (Wildman–Crippen LogP) is 4.86. The van der Waals surface area contributed by atoms with Gasteiger partial charge in [0.1, 0.15) is 5.52 Å². The molecule has 0 saturated heterocycles. The van der Waals surface area contributed by atoms with E-state index in [0.717, 1.165) is 27.9 Å². The number of anilines is 2. The second-order valence-electron chi connectivity index (χ2n) is 9.44. The molecule has 4 heterocycles. The summed E-state index contributed by atoms with van der Waals surface area (Å²) in [5.41, 5.74) is 11.0. The van der Waals surface area contributed by atoms with Gasteiger partial charge in [0.15, 0.2) is 5.82 Å². The van der Waals surface area contributed by atoms with E-state index >= 15 is 0 Å². The Kier molecular flexibility index (Phi) is 6.27. The van der Waals surface area contributed by atoms with Crippen LogP contribution >= 0.6 is 0 Å². The molecular weight excluding hydrogens is 504 g/mol. The van der Waals surface area contributed by atoms with Crippen LogP contribution in [0, 0.1) is 6.92 Å². The fraction of sp³-hybridized carbons (Fsp3) is 0.133. The minimum Gasteiger partial charge on any atom is -0.467 e. The molecule has 0 bridgehead atoms. The van der Waals surface area contributed by atoms with Crippen LogP contribution in [0.4, 0.5) is 11.8 Å². The van der Waals surface area contributed by atoms with Gasteiger partial charge in [-0.05, 0) is 60.7 Å². The number of nitrogens with zero attached hydrogens (tertiary/aromatic N) is 6. The van der Waals surface area contributed by atoms with Crippen molar-refractivity contribution in [3.8, 4) is 22.8 Å². The van der Waals surface area contributed by atoms with E-state index in [-0.39, 0.29) is 23.6 Å². The number of nitrogens with one attached hydrogen (secondary N) is 1. The van der Waals surface area contributed by atoms with Gasteiger partial charge in [-0.2, -0.15) is 4.98 Å². The molecule has 198 valence electrons. The Bertz CT molecular complexity index is 1940. The average molecular weight is 531 g/mol. The molecule has 0 saturated carbocycles. The summed E-state index contributed by atoms with van der Waals surface area (Å²) >= 11 is 0. The Hall–Kier alpha value is -5.38. The van der Waals surface area contributed by atoms with Crippen molar-refractivity contribution >= 4 is 33.6 Å². The van der Waals surface area contributed by atoms with Crippen LogP contribution in [0.5, 0.6) is 6.01 Å². The molecule has 10 nitrogen and oxygen atoms in total. The van der Waals surface area contributed by atoms with Gasteiger partial charge in [-0.1, -0.05) is 30.3 Å². The number of fused-ring (bicyclic) bond motifs is 2. The standard InChI is InChI=1S/C30H26N8O2/c1-17-7-4-9-21(13-17)38-24(18(2)35-27-26-23(11-6-12-32-26)36-29(31)37-27)14-19-8-5-10-22(25(19)28(38)39)20-15-33-30(40-3)34-16-20/h4-16,18H,1-3H3,(H3,31,35,36,37)/t18-/m0/s1. The van der Waals surface area contributed by atoms with Crippen molar-refractivity contribution < 1.29 is 4.74 Å². The molecule has 3 N–H and O–H groups in total. The summed E-state index contributed by atoms with van der Waals surface area (Å²) in [5, 5.41) is 4.78. The lowest BCUT2D eigenvalue weighted by Gasteiger charge is -2.22. The molecule has 4 aromatic heterocycles. The number of rotatable bonds is 6. The number of hydrogen-bond donors (Lipinski definition) is 2. The summed E-state index contributed by atoms with van der Waals surface area (Å²) < 4.78 is 6.85. The molecule has 0 aliphatic carbocycles. The van der Waals surface area contributed by atoms with E-state index in [1.165, 1.54) is 7.11 Å². The number of nitrogens with two attached hydrogens (primary N) is 1. The SMILES string of the molecule is COc1ncc(-c2cccc3cc([C@H](C)Nc4nc(N)nc5cccnc45)n(-c4cccc(C)c4)c(=O)c23)cn1. The van der Waals surface area contributed by atoms with Crippen molar-refractivity contribution in [2.75, 3.05) is 18.2 Å². The van der Waals surface area contributed by atoms with E-state index in [1.54, 1.807) is 29.2 Å². The fourth-order valence-electron chi connectivity index (χ4n) is 4.90. The normalized spacial score (nSPS) is 12.0. The first kappa shape index (κ1) is 24.9. The van der Waals surface area contributed by atoms with Crippen LogP contribution in [-0.4, -0.2) is 36.6 Å². The molecule has 0 amide bonds. The molecule has 10 heteroatoms. The number of pyridine rings is 2. The highest BCUT2D eigenvalue weighted by Gasteiger charge is 2.20. The molecule has 40 heavy (non-hydrogen) atoms. The topological polar surface area (TPSA) is 134 Å². The number of hydrogen-bond acceptors (Lipinski definition) is 9. The van der Waals surface area contributed by atoms with Gasteiger partial charge in [0.2, 0.25) is 5.95 Å². The lowest BCUT2D eigenvalue weighted by atomic mass is 9.99. The van der Waals surface area contributed by atoms with E-state index in [9.17, 15) is 4.79 Å². The third kappa shape index (κ3) is 4.45. The quantitative estimate of drug-likeness (QED) is 0.310. The molecule has 0 aliphatic heterocycles. The molecule has 6 aromatic rings. The number of ether oxygens (including phenoxy) is 1. The zero-order chi connectivity index (χ0) is 27.8. The van der Waals surface area contributed by atoms with Crippen molar-refractivity contribution in [3.05, 3.63) is 101 Å². The van der Waals surface area contributed by atoms with Crippen LogP contribution < -0.4 is 21.3 Å². The van der Waals surface area contributed by atoms with Crippen LogP contribution in [0.15, 0.2) is 84.0 Å². The van der Waals surface area contributed by atoms with Gasteiger partial charge in [-0.25, -0.2) is 15.0 Å². The first-order valence-electron chi connectivity index (χ1n) is 12.7. The Balaban J connectivity index is 1.57. The lowest BCUT2D eigenvalue weighted by Crippen LogP contribution is -2.26. The highest BCUT2D eigenvalue weighted by molar-refractivity contribution is 5.96. The van der Waals surface area contributed by atoms with E-state index in [0.29, 0.717) is 27.8 Å². The molecule has 0 aliphatic rings. The number of nitrogen functional groups attached to an aromatic ring is 1. The highest BCUT2D eigenvalue weighted by Crippen LogP contribution is 2.31. The molecule has 0 spiro atoms. The molecule has 0 radical (unpaired) electrons. The van der Waals surface area contributed by atoms with E-state index in [2.05, 4.69) is 30.2 Å². The van der Waals surface area contributed by atoms with Crippen LogP contribution in [0.3, 0.4) is 0 Å². The van der Waals surface area contributed by atoms with Crippen molar-refractivity contribution in [1.82, 2.24) is 29.5 Å². The van der Waals surface area contributed by atoms with E-state index < -0.39 is 0 Å². The van der Waals surface area contributed by atoms with Crippen LogP contribution in [0.2, 0.25) is 0 Å². The van der Waals surface area contributed by atoms with Gasteiger partial charge in [-0.3, -0.25) is 14.3 Å². The van der Waals surface area contributed by atoms with Crippen LogP contribution in [0.1, 0.15) is 24.2 Å². The Morgan fingerprint density at radius 1 is 0.975 bits per heavy atom. The van der Waals surface area contributed by atoms with Gasteiger partial charge in [0.05, 0.1) is 24.1 Å². The largest absolute Gasteiger partial charge is 0.467 e. The predicted molar refractivity (Wildman–Crippen MR) is 156 cm³/mol. The third-order valence-electron chi connectivity index (χ3n) is 6.73. The Morgan fingerprint density at radius 2 is 1.77 bits per heavy atom. The van der Waals surface area contributed by atoms with Gasteiger partial charge in [0.25, 0.3) is 5.56 Å². The second-order valence-corrected chi connectivity index (χ2v) is 9.44. The molecule has 2 aromatic carbocycles. The monoisotopic (exact) mass is 530 g/mol. The average Bonchev–Trinajstić information content (AvgIpc) is 2.96. The van der Waals surface area contributed by atoms with Gasteiger partial charge >= 0.3 is 6.01 Å². The Morgan fingerprint density at radius 3 is 2.55 bits per heavy atom. The summed E-state index contributed by atoms with van der Waals surface area (Å²) in [7, 11) is 1.51. The minimum atomic E-state index is -0.356. The highest BCUT2D eigenvalue weighted by atomic mass is 16.5. The van der Waals surface area contributed by atoms with E-state index in [1.807, 2.05) is 68.4 Å². The summed E-state index contributed by atoms with van der Waals surface area (Å²) in [6, 6.07) is 19.2. The number of aryl methyl sites for hydroxylation is 1. The van der Waals surface area contributed by atoms with Crippen LogP contribution in [-0.2, 0) is 0 Å². The second kappa shape index (κ2) is 10.1. The number of benzene rings is 2. The van der Waals surface area contributed by atoms with Crippen molar-refractivity contribution in [2.45, 2.75) is 19.9 Å². The van der Waals surface area contributed by atoms with Crippen molar-refractivity contribution in [3.63, 3.8) is 0 Å². The number of methoxy groups -OCH3 is 1. The zero-order valence-electron chi connectivity index (χ0n) is 22.2. The van der Waals surface area contributed by atoms with Gasteiger partial charge < -0.3 is 15.8 Å². The lowest BCUT2D eigenvalue weighted by molar-refractivity contribution is 0.380. The van der Waals surface area contributed by atoms with Gasteiger partial charge in [-0.15, -0.1) is 0 Å². The maximum Gasteiger partial charge on any atom is 0.316 e. The maximum absolute atomic E-state index is 14.4. The summed E-state index contributed by atoms with van der Waals surface area (Å²) in [5.74, 6) is 0.624. The minimum absolute atomic E-state index is 0.135. The summed E-state index contributed by atoms with van der Waals surface area (Å²) in [4.78, 5) is 36.1. The van der Waals surface area contributed by atoms with Crippen molar-refractivity contribution in [2.24, 2.45) is 0 Å². The zero-order valence-corrected chi connectivity index (χ0v) is 22.2. The third-order valence-corrected chi connectivity index (χ3v) is 6.73. The fourth-order valence-corrected chi connectivity index (χ4v) is 4.90. The van der Waals surface area contributed by atoms with Crippen molar-refractivity contribution in [1.29, 1.82) is 0 Å². The van der Waals surface area contributed by atoms with E-state index in [4.69, 9.17) is 10.5 Å². The molecule has 0 unspecified atom stereocenters. The first-order chi connectivity index (χ1) is 19.4. The summed E-state index contributed by atoms with van der Waals surface area (Å²) in [6.07, 6.45) is 5.00. The van der Waals surface area contributed by atoms with Gasteiger partial charge in [0, 0.05) is 35.5 Å². The molecule has 6 rings (SSSR count). The molecule has 0 fully saturated rings. The molecular formula is C30H26N8O2. The maximum atomic E-state index is 14.4. The first-order valence-corrected chi connectivity index (χ1v) is 12.7. The van der Waals surface area contributed by atoms with Crippen LogP contribution in [0.25, 0.3) is 38.6 Å². The summed E-state index contributed by atoms with van der Waals surface area (Å²) in [6.45, 7) is 3.97. The molecule has 1 atom stereocenters. The smallest absolute Gasteiger partial charge is 0.316 e. The Labute approximate surface area is 229 Å². The number of aromatic nitrogens is 6.